The minimum atomic E-state index is -3.38. The quantitative estimate of drug-likeness (QED) is 0.307. The van der Waals surface area contributed by atoms with Gasteiger partial charge in [-0.1, -0.05) is 60.2 Å². The first-order valence-electron chi connectivity index (χ1n) is 17.2. The molecule has 1 amide bonds. The first-order chi connectivity index (χ1) is 23.6. The number of carbonyl (C=O) groups is 2. The Hall–Kier alpha value is -3.70. The van der Waals surface area contributed by atoms with Crippen molar-refractivity contribution in [1.82, 2.24) is 19.4 Å². The lowest BCUT2D eigenvalue weighted by Gasteiger charge is -2.38. The van der Waals surface area contributed by atoms with Crippen molar-refractivity contribution in [3.63, 3.8) is 0 Å². The lowest BCUT2D eigenvalue weighted by molar-refractivity contribution is -0.114. The van der Waals surface area contributed by atoms with Crippen LogP contribution in [0.25, 0.3) is 0 Å². The molecule has 0 spiro atoms. The highest BCUT2D eigenvalue weighted by atomic mass is 35.5. The van der Waals surface area contributed by atoms with Crippen LogP contribution in [0.3, 0.4) is 0 Å². The van der Waals surface area contributed by atoms with Gasteiger partial charge in [-0.15, -0.1) is 0 Å². The van der Waals surface area contributed by atoms with Crippen LogP contribution in [0.2, 0.25) is 5.02 Å². The second-order valence-corrected chi connectivity index (χ2v) is 15.9. The van der Waals surface area contributed by atoms with E-state index in [0.717, 1.165) is 49.2 Å². The van der Waals surface area contributed by atoms with Crippen LogP contribution in [0.5, 0.6) is 0 Å². The number of rotatable bonds is 11. The van der Waals surface area contributed by atoms with Gasteiger partial charge < -0.3 is 15.0 Å². The first-order valence-corrected chi connectivity index (χ1v) is 19.2. The number of likely N-dealkylation sites (tertiary alicyclic amines) is 1. The molecule has 4 aliphatic rings. The smallest absolute Gasteiger partial charge is 0.251 e. The number of nitrogens with one attached hydrogen (secondary N) is 1. The number of allylic oxidation sites excluding steroid dienone is 4. The van der Waals surface area contributed by atoms with Crippen molar-refractivity contribution in [3.8, 4) is 0 Å². The molecule has 0 saturated carbocycles. The minimum Gasteiger partial charge on any atom is -0.462 e. The van der Waals surface area contributed by atoms with Crippen LogP contribution in [0, 0.1) is 5.92 Å². The van der Waals surface area contributed by atoms with Gasteiger partial charge in [-0.3, -0.25) is 14.5 Å². The Balaban J connectivity index is 0.989. The highest BCUT2D eigenvalue weighted by Crippen LogP contribution is 2.33. The normalized spacial score (nSPS) is 20.4. The number of carbonyl (C=O) groups excluding carboxylic acids is 2. The molecule has 11 heteroatoms. The van der Waals surface area contributed by atoms with Crippen molar-refractivity contribution in [2.75, 3.05) is 39.3 Å². The van der Waals surface area contributed by atoms with Crippen LogP contribution < -0.4 is 5.32 Å². The highest BCUT2D eigenvalue weighted by Gasteiger charge is 2.30. The second kappa shape index (κ2) is 15.9. The fraction of sp³-hybridized carbons (Fsp3) is 0.421. The van der Waals surface area contributed by atoms with Crippen molar-refractivity contribution >= 4 is 33.3 Å². The summed E-state index contributed by atoms with van der Waals surface area (Å²) in [4.78, 5) is 30.0. The Labute approximate surface area is 295 Å². The van der Waals surface area contributed by atoms with Crippen LogP contribution in [0.1, 0.15) is 66.4 Å². The summed E-state index contributed by atoms with van der Waals surface area (Å²) in [6.45, 7) is 6.28. The van der Waals surface area contributed by atoms with E-state index >= 15 is 0 Å². The van der Waals surface area contributed by atoms with Crippen LogP contribution >= 0.6 is 11.6 Å². The fourth-order valence-electron chi connectivity index (χ4n) is 7.18. The summed E-state index contributed by atoms with van der Waals surface area (Å²) >= 11 is 6.39. The molecule has 3 heterocycles. The van der Waals surface area contributed by atoms with Crippen LogP contribution in [0.15, 0.2) is 96.8 Å². The van der Waals surface area contributed by atoms with E-state index in [2.05, 4.69) is 22.0 Å². The average Bonchev–Trinajstić information content (AvgIpc) is 3.11. The van der Waals surface area contributed by atoms with E-state index in [1.165, 1.54) is 0 Å². The zero-order valence-electron chi connectivity index (χ0n) is 28.0. The number of sulfonamides is 1. The van der Waals surface area contributed by atoms with Crippen molar-refractivity contribution in [3.05, 3.63) is 118 Å². The largest absolute Gasteiger partial charge is 0.462 e. The Morgan fingerprint density at radius 1 is 1.04 bits per heavy atom. The topological polar surface area (TPSA) is 99.3 Å². The van der Waals surface area contributed by atoms with Gasteiger partial charge in [0.25, 0.3) is 5.91 Å². The van der Waals surface area contributed by atoms with E-state index in [1.807, 2.05) is 60.9 Å². The summed E-state index contributed by atoms with van der Waals surface area (Å²) in [5.41, 5.74) is 3.33. The Bertz CT molecular complexity index is 1740. The number of ether oxygens (including phenoxy) is 1. The summed E-state index contributed by atoms with van der Waals surface area (Å²) in [7, 11) is -3.38. The van der Waals surface area contributed by atoms with Crippen molar-refractivity contribution < 1.29 is 22.7 Å². The molecular weight excluding hydrogens is 660 g/mol. The summed E-state index contributed by atoms with van der Waals surface area (Å²) in [5.74, 6) is 1.13. The van der Waals surface area contributed by atoms with Crippen LogP contribution in [-0.4, -0.2) is 79.5 Å². The molecule has 2 aromatic rings. The SMILES string of the molecule is CC(CN1C=COC(C2=CC=CC(=O)C2)=C1)N1CCC(c2ccc(Cl)cc2C(=O)NCC2CCN(S(=O)(=O)Cc3ccccc3)CC2)CC1. The van der Waals surface area contributed by atoms with Gasteiger partial charge >= 0.3 is 0 Å². The van der Waals surface area contributed by atoms with Gasteiger partial charge in [0, 0.05) is 67.2 Å². The zero-order chi connectivity index (χ0) is 34.4. The van der Waals surface area contributed by atoms with Gasteiger partial charge in [-0.2, -0.15) is 0 Å². The maximum absolute atomic E-state index is 13.5. The number of halogens is 1. The first kappa shape index (κ1) is 35.1. The number of nitrogens with zero attached hydrogens (tertiary/aromatic N) is 3. The average molecular weight is 705 g/mol. The Morgan fingerprint density at radius 2 is 1.80 bits per heavy atom. The molecule has 6 rings (SSSR count). The third-order valence-corrected chi connectivity index (χ3v) is 12.1. The molecule has 1 atom stereocenters. The summed E-state index contributed by atoms with van der Waals surface area (Å²) in [6, 6.07) is 15.2. The van der Waals surface area contributed by atoms with Gasteiger partial charge in [-0.25, -0.2) is 12.7 Å². The molecule has 0 radical (unpaired) electrons. The summed E-state index contributed by atoms with van der Waals surface area (Å²) < 4.78 is 33.2. The molecule has 1 unspecified atom stereocenters. The van der Waals surface area contributed by atoms with E-state index < -0.39 is 10.0 Å². The van der Waals surface area contributed by atoms with E-state index in [4.69, 9.17) is 16.3 Å². The molecule has 49 heavy (non-hydrogen) atoms. The molecule has 1 aliphatic carbocycles. The molecule has 2 aromatic carbocycles. The molecule has 2 fully saturated rings. The third-order valence-electron chi connectivity index (χ3n) is 10.0. The van der Waals surface area contributed by atoms with Gasteiger partial charge in [0.15, 0.2) is 5.78 Å². The van der Waals surface area contributed by atoms with Gasteiger partial charge in [0.05, 0.1) is 5.75 Å². The van der Waals surface area contributed by atoms with Gasteiger partial charge in [0.2, 0.25) is 10.0 Å². The summed E-state index contributed by atoms with van der Waals surface area (Å²) in [5, 5.41) is 3.68. The van der Waals surface area contributed by atoms with Crippen LogP contribution in [-0.2, 0) is 25.3 Å². The van der Waals surface area contributed by atoms with Crippen molar-refractivity contribution in [2.24, 2.45) is 5.92 Å². The minimum absolute atomic E-state index is 0.00876. The molecular formula is C38H45ClN4O5S. The maximum atomic E-state index is 13.5. The van der Waals surface area contributed by atoms with Crippen molar-refractivity contribution in [1.29, 1.82) is 0 Å². The van der Waals surface area contributed by atoms with E-state index in [0.29, 0.717) is 55.2 Å². The van der Waals surface area contributed by atoms with Gasteiger partial charge in [0.1, 0.15) is 12.0 Å². The number of amides is 1. The van der Waals surface area contributed by atoms with Crippen molar-refractivity contribution in [2.45, 2.75) is 56.7 Å². The number of ketones is 1. The molecule has 3 aliphatic heterocycles. The molecule has 9 nitrogen and oxygen atoms in total. The number of benzene rings is 2. The van der Waals surface area contributed by atoms with Crippen LogP contribution in [0.4, 0.5) is 0 Å². The monoisotopic (exact) mass is 704 g/mol. The molecule has 0 aromatic heterocycles. The zero-order valence-corrected chi connectivity index (χ0v) is 29.5. The number of hydrogen-bond acceptors (Lipinski definition) is 7. The summed E-state index contributed by atoms with van der Waals surface area (Å²) in [6.07, 6.45) is 14.5. The van der Waals surface area contributed by atoms with E-state index in [9.17, 15) is 18.0 Å². The second-order valence-electron chi connectivity index (χ2n) is 13.5. The number of hydrogen-bond donors (Lipinski definition) is 1. The standard InChI is InChI=1S/C38H45ClN4O5S/c1-28(25-41-20-21-48-37(26-41)32-8-5-9-34(44)22-32)42-16-14-31(15-17-42)35-11-10-33(39)23-36(35)38(45)40-24-29-12-18-43(19-13-29)49(46,47)27-30-6-3-2-4-7-30/h2-11,20-21,23,26,28-29,31H,12-19,22,24-25,27H2,1H3,(H,40,45). The Morgan fingerprint density at radius 3 is 2.53 bits per heavy atom. The predicted molar refractivity (Wildman–Crippen MR) is 192 cm³/mol. The molecule has 1 N–H and O–H groups in total. The predicted octanol–water partition coefficient (Wildman–Crippen LogP) is 5.98. The van der Waals surface area contributed by atoms with Gasteiger partial charge in [-0.05, 0) is 86.9 Å². The third kappa shape index (κ3) is 9.11. The molecule has 260 valence electrons. The lowest BCUT2D eigenvalue weighted by atomic mass is 9.85. The molecule has 2 saturated heterocycles. The number of piperidine rings is 2. The van der Waals surface area contributed by atoms with E-state index in [-0.39, 0.29) is 35.3 Å². The van der Waals surface area contributed by atoms with E-state index in [1.54, 1.807) is 28.8 Å². The maximum Gasteiger partial charge on any atom is 0.251 e. The highest BCUT2D eigenvalue weighted by molar-refractivity contribution is 7.88. The lowest BCUT2D eigenvalue weighted by Crippen LogP contribution is -2.44. The Kier molecular flexibility index (Phi) is 11.4. The fourth-order valence-corrected chi connectivity index (χ4v) is 8.91. The molecule has 0 bridgehead atoms.